The van der Waals surface area contributed by atoms with Crippen molar-refractivity contribution in [2.75, 3.05) is 6.61 Å². The molecule has 0 fully saturated rings. The molecule has 0 aliphatic heterocycles. The van der Waals surface area contributed by atoms with Crippen LogP contribution in [0.4, 0.5) is 0 Å². The number of rotatable bonds is 5. The fourth-order valence-electron chi connectivity index (χ4n) is 1.43. The first-order chi connectivity index (χ1) is 8.29. The van der Waals surface area contributed by atoms with E-state index in [1.165, 1.54) is 0 Å². The molecule has 17 heavy (non-hydrogen) atoms. The van der Waals surface area contributed by atoms with E-state index in [1.54, 1.807) is 12.3 Å². The third-order valence-electron chi connectivity index (χ3n) is 2.27. The molecule has 0 aliphatic rings. The third-order valence-corrected chi connectivity index (χ3v) is 2.27. The number of aryl methyl sites for hydroxylation is 2. The van der Waals surface area contributed by atoms with E-state index in [-0.39, 0.29) is 6.61 Å². The molecule has 0 saturated carbocycles. The molecule has 0 radical (unpaired) electrons. The zero-order chi connectivity index (χ0) is 12.1. The monoisotopic (exact) mass is 234 g/mol. The van der Waals surface area contributed by atoms with Crippen LogP contribution in [0.1, 0.15) is 24.6 Å². The maximum atomic E-state index is 8.67. The summed E-state index contributed by atoms with van der Waals surface area (Å²) >= 11 is 0. The van der Waals surface area contributed by atoms with Crippen LogP contribution < -0.4 is 0 Å². The Balaban J connectivity index is 2.07. The molecule has 0 unspecified atom stereocenters. The highest BCUT2D eigenvalue weighted by molar-refractivity contribution is 5.46. The maximum absolute atomic E-state index is 8.67. The van der Waals surface area contributed by atoms with E-state index < -0.39 is 0 Å². The highest BCUT2D eigenvalue weighted by atomic mass is 16.5. The Labute approximate surface area is 98.7 Å². The first kappa shape index (κ1) is 11.7. The summed E-state index contributed by atoms with van der Waals surface area (Å²) in [6, 6.07) is 1.75. The molecule has 2 rings (SSSR count). The molecule has 0 atom stereocenters. The van der Waals surface area contributed by atoms with Crippen molar-refractivity contribution in [1.29, 1.82) is 0 Å². The van der Waals surface area contributed by atoms with Crippen molar-refractivity contribution in [1.82, 2.24) is 20.1 Å². The molecule has 2 aromatic heterocycles. The predicted molar refractivity (Wildman–Crippen MR) is 60.1 cm³/mol. The number of aliphatic hydroxyl groups is 1. The highest BCUT2D eigenvalue weighted by Crippen LogP contribution is 2.13. The van der Waals surface area contributed by atoms with E-state index >= 15 is 0 Å². The molecule has 0 amide bonds. The Morgan fingerprint density at radius 3 is 2.94 bits per heavy atom. The van der Waals surface area contributed by atoms with Crippen LogP contribution in [0.3, 0.4) is 0 Å². The molecular weight excluding hydrogens is 220 g/mol. The van der Waals surface area contributed by atoms with Crippen LogP contribution in [-0.2, 0) is 6.42 Å². The standard InChI is InChI=1S/C11H14N4O2/c1-8-12-6-5-9(13-8)11-14-10(17-15-11)4-2-3-7-16/h5-6,16H,2-4,7H2,1H3. The molecule has 1 N–H and O–H groups in total. The van der Waals surface area contributed by atoms with Gasteiger partial charge in [0.2, 0.25) is 11.7 Å². The summed E-state index contributed by atoms with van der Waals surface area (Å²) in [5.74, 6) is 1.73. The van der Waals surface area contributed by atoms with E-state index in [0.717, 1.165) is 12.8 Å². The largest absolute Gasteiger partial charge is 0.396 e. The average Bonchev–Trinajstić information content (AvgIpc) is 2.78. The van der Waals surface area contributed by atoms with Crippen LogP contribution in [-0.4, -0.2) is 31.8 Å². The van der Waals surface area contributed by atoms with Gasteiger partial charge in [-0.05, 0) is 25.8 Å². The van der Waals surface area contributed by atoms with Crippen LogP contribution in [0.15, 0.2) is 16.8 Å². The Morgan fingerprint density at radius 2 is 2.18 bits per heavy atom. The number of aliphatic hydroxyl groups excluding tert-OH is 1. The highest BCUT2D eigenvalue weighted by Gasteiger charge is 2.09. The molecule has 0 aliphatic carbocycles. The molecule has 6 heteroatoms. The number of unbranched alkanes of at least 4 members (excludes halogenated alkanes) is 1. The summed E-state index contributed by atoms with van der Waals surface area (Å²) in [6.45, 7) is 2.00. The lowest BCUT2D eigenvalue weighted by Gasteiger charge is -1.93. The summed E-state index contributed by atoms with van der Waals surface area (Å²) in [6.07, 6.45) is 3.92. The summed E-state index contributed by atoms with van der Waals surface area (Å²) in [5.41, 5.74) is 0.662. The van der Waals surface area contributed by atoms with E-state index in [9.17, 15) is 0 Å². The molecule has 0 bridgehead atoms. The fourth-order valence-corrected chi connectivity index (χ4v) is 1.43. The van der Waals surface area contributed by atoms with Gasteiger partial charge in [0.05, 0.1) is 0 Å². The van der Waals surface area contributed by atoms with Crippen LogP contribution in [0.2, 0.25) is 0 Å². The zero-order valence-corrected chi connectivity index (χ0v) is 9.63. The van der Waals surface area contributed by atoms with Crippen LogP contribution in [0.5, 0.6) is 0 Å². The van der Waals surface area contributed by atoms with Gasteiger partial charge >= 0.3 is 0 Å². The lowest BCUT2D eigenvalue weighted by Crippen LogP contribution is -1.92. The van der Waals surface area contributed by atoms with Crippen molar-refractivity contribution < 1.29 is 9.63 Å². The van der Waals surface area contributed by atoms with Crippen molar-refractivity contribution in [3.8, 4) is 11.5 Å². The van der Waals surface area contributed by atoms with Gasteiger partial charge in [0, 0.05) is 19.2 Å². The summed E-state index contributed by atoms with van der Waals surface area (Å²) in [7, 11) is 0. The minimum Gasteiger partial charge on any atom is -0.396 e. The number of aromatic nitrogens is 4. The molecule has 90 valence electrons. The van der Waals surface area contributed by atoms with E-state index in [1.807, 2.05) is 6.92 Å². The van der Waals surface area contributed by atoms with Gasteiger partial charge in [-0.1, -0.05) is 5.16 Å². The van der Waals surface area contributed by atoms with Gasteiger partial charge < -0.3 is 9.63 Å². The maximum Gasteiger partial charge on any atom is 0.227 e. The van der Waals surface area contributed by atoms with Gasteiger partial charge in [0.15, 0.2) is 0 Å². The van der Waals surface area contributed by atoms with Crippen LogP contribution in [0, 0.1) is 6.92 Å². The molecule has 0 saturated heterocycles. The van der Waals surface area contributed by atoms with Gasteiger partial charge in [-0.15, -0.1) is 0 Å². The third kappa shape index (κ3) is 3.07. The smallest absolute Gasteiger partial charge is 0.227 e. The average molecular weight is 234 g/mol. The molecule has 2 aromatic rings. The zero-order valence-electron chi connectivity index (χ0n) is 9.63. The molecule has 0 aromatic carbocycles. The first-order valence-electron chi connectivity index (χ1n) is 5.53. The second kappa shape index (κ2) is 5.49. The first-order valence-corrected chi connectivity index (χ1v) is 5.53. The number of nitrogens with zero attached hydrogens (tertiary/aromatic N) is 4. The minimum atomic E-state index is 0.187. The molecule has 6 nitrogen and oxygen atoms in total. The van der Waals surface area contributed by atoms with Crippen molar-refractivity contribution in [3.63, 3.8) is 0 Å². The Hall–Kier alpha value is -1.82. The number of hydrogen-bond acceptors (Lipinski definition) is 6. The Morgan fingerprint density at radius 1 is 1.29 bits per heavy atom. The molecule has 0 spiro atoms. The lowest BCUT2D eigenvalue weighted by molar-refractivity contribution is 0.281. The van der Waals surface area contributed by atoms with Gasteiger partial charge in [-0.25, -0.2) is 9.97 Å². The molecule has 2 heterocycles. The van der Waals surface area contributed by atoms with Crippen molar-refractivity contribution in [3.05, 3.63) is 24.0 Å². The quantitative estimate of drug-likeness (QED) is 0.781. The second-order valence-electron chi connectivity index (χ2n) is 3.68. The molecular formula is C11H14N4O2. The Kier molecular flexibility index (Phi) is 3.77. The van der Waals surface area contributed by atoms with Gasteiger partial charge in [0.25, 0.3) is 0 Å². The van der Waals surface area contributed by atoms with E-state index in [2.05, 4.69) is 20.1 Å². The Bertz CT molecular complexity index is 484. The lowest BCUT2D eigenvalue weighted by atomic mass is 10.2. The summed E-state index contributed by atoms with van der Waals surface area (Å²) < 4.78 is 5.10. The van der Waals surface area contributed by atoms with Gasteiger partial charge in [-0.2, -0.15) is 4.98 Å². The normalized spacial score (nSPS) is 10.7. The van der Waals surface area contributed by atoms with Crippen molar-refractivity contribution in [2.24, 2.45) is 0 Å². The van der Waals surface area contributed by atoms with Crippen LogP contribution in [0.25, 0.3) is 11.5 Å². The minimum absolute atomic E-state index is 0.187. The van der Waals surface area contributed by atoms with Gasteiger partial charge in [-0.3, -0.25) is 0 Å². The van der Waals surface area contributed by atoms with Gasteiger partial charge in [0.1, 0.15) is 11.5 Å². The summed E-state index contributed by atoms with van der Waals surface area (Å²) in [5, 5.41) is 12.5. The van der Waals surface area contributed by atoms with Crippen LogP contribution >= 0.6 is 0 Å². The topological polar surface area (TPSA) is 84.9 Å². The predicted octanol–water partition coefficient (Wildman–Crippen LogP) is 1.15. The number of hydrogen-bond donors (Lipinski definition) is 1. The summed E-state index contributed by atoms with van der Waals surface area (Å²) in [4.78, 5) is 12.5. The second-order valence-corrected chi connectivity index (χ2v) is 3.68. The SMILES string of the molecule is Cc1nccc(-c2noc(CCCCO)n2)n1. The van der Waals surface area contributed by atoms with Crippen molar-refractivity contribution >= 4 is 0 Å². The van der Waals surface area contributed by atoms with Crippen molar-refractivity contribution in [2.45, 2.75) is 26.2 Å². The fraction of sp³-hybridized carbons (Fsp3) is 0.455. The van der Waals surface area contributed by atoms with E-state index in [4.69, 9.17) is 9.63 Å². The van der Waals surface area contributed by atoms with E-state index in [0.29, 0.717) is 29.7 Å².